The van der Waals surface area contributed by atoms with E-state index in [1.165, 1.54) is 12.1 Å². The van der Waals surface area contributed by atoms with Crippen molar-refractivity contribution in [3.63, 3.8) is 0 Å². The third-order valence-corrected chi connectivity index (χ3v) is 5.24. The molecule has 0 aliphatic rings. The van der Waals surface area contributed by atoms with Gasteiger partial charge in [0.2, 0.25) is 0 Å². The van der Waals surface area contributed by atoms with Crippen molar-refractivity contribution in [1.29, 1.82) is 0 Å². The molecule has 0 saturated carbocycles. The van der Waals surface area contributed by atoms with Crippen LogP contribution in [0.2, 0.25) is 5.02 Å². The first-order valence-corrected chi connectivity index (χ1v) is 10.8. The van der Waals surface area contributed by atoms with Gasteiger partial charge in [-0.15, -0.1) is 0 Å². The third kappa shape index (κ3) is 5.77. The molecule has 1 aromatic carbocycles. The second-order valence-electron chi connectivity index (χ2n) is 3.98. The van der Waals surface area contributed by atoms with Gasteiger partial charge in [-0.05, 0) is 18.6 Å². The number of halogens is 3. The molecule has 0 heterocycles. The van der Waals surface area contributed by atoms with E-state index in [4.69, 9.17) is 27.0 Å². The maximum atomic E-state index is 11.5. The van der Waals surface area contributed by atoms with Crippen LogP contribution >= 0.6 is 38.2 Å². The summed E-state index contributed by atoms with van der Waals surface area (Å²) >= 11 is 9.02. The molecule has 0 aliphatic heterocycles. The van der Waals surface area contributed by atoms with Crippen molar-refractivity contribution in [2.75, 3.05) is 18.6 Å². The van der Waals surface area contributed by atoms with Crippen LogP contribution in [-0.4, -0.2) is 35.5 Å². The number of hydrogen-bond acceptors (Lipinski definition) is 5. The van der Waals surface area contributed by atoms with Crippen molar-refractivity contribution >= 4 is 57.1 Å². The fourth-order valence-corrected chi connectivity index (χ4v) is 4.07. The number of sulfone groups is 1. The summed E-state index contributed by atoms with van der Waals surface area (Å²) in [5.41, 5.74) is 0. The summed E-state index contributed by atoms with van der Waals surface area (Å²) in [5, 5.41) is 0.0676. The van der Waals surface area contributed by atoms with Crippen molar-refractivity contribution < 1.29 is 21.6 Å². The van der Waals surface area contributed by atoms with Crippen molar-refractivity contribution in [3.05, 3.63) is 21.6 Å². The van der Waals surface area contributed by atoms with E-state index in [0.29, 0.717) is 4.47 Å². The van der Waals surface area contributed by atoms with Gasteiger partial charge in [0, 0.05) is 21.4 Å². The zero-order valence-corrected chi connectivity index (χ0v) is 15.0. The highest BCUT2D eigenvalue weighted by Crippen LogP contribution is 2.37. The first-order valence-electron chi connectivity index (χ1n) is 5.25. The first kappa shape index (κ1) is 18.0. The van der Waals surface area contributed by atoms with Crippen molar-refractivity contribution in [3.8, 4) is 5.75 Å². The number of rotatable bonds is 6. The monoisotopic (exact) mass is 424 g/mol. The third-order valence-electron chi connectivity index (χ3n) is 2.14. The van der Waals surface area contributed by atoms with Gasteiger partial charge in [-0.2, -0.15) is 0 Å². The summed E-state index contributed by atoms with van der Waals surface area (Å²) in [6.07, 6.45) is 1.32. The minimum atomic E-state index is -4.03. The number of benzene rings is 1. The standard InChI is InChI=1S/C10H11BrCl2O5S2/c1-19(14,15)4-2-3-18-10-8(12)5-7(11)6-9(10)20(13,16)17/h5-6H,2-4H2,1H3. The van der Waals surface area contributed by atoms with Gasteiger partial charge in [0.25, 0.3) is 9.05 Å². The normalized spacial score (nSPS) is 12.4. The van der Waals surface area contributed by atoms with Gasteiger partial charge in [-0.3, -0.25) is 0 Å². The van der Waals surface area contributed by atoms with E-state index in [-0.39, 0.29) is 34.4 Å². The van der Waals surface area contributed by atoms with Crippen LogP contribution in [0.4, 0.5) is 0 Å². The molecular formula is C10H11BrCl2O5S2. The van der Waals surface area contributed by atoms with E-state index in [1.54, 1.807) is 0 Å². The average Bonchev–Trinajstić information content (AvgIpc) is 2.23. The Morgan fingerprint density at radius 2 is 1.85 bits per heavy atom. The van der Waals surface area contributed by atoms with Crippen LogP contribution in [0.5, 0.6) is 5.75 Å². The molecule has 1 aromatic rings. The largest absolute Gasteiger partial charge is 0.491 e. The maximum absolute atomic E-state index is 11.5. The molecule has 0 saturated heterocycles. The van der Waals surface area contributed by atoms with Gasteiger partial charge in [-0.25, -0.2) is 16.8 Å². The van der Waals surface area contributed by atoms with Crippen molar-refractivity contribution in [2.45, 2.75) is 11.3 Å². The Balaban J connectivity index is 2.95. The van der Waals surface area contributed by atoms with Crippen LogP contribution in [0, 0.1) is 0 Å². The van der Waals surface area contributed by atoms with Gasteiger partial charge in [0.05, 0.1) is 17.4 Å². The van der Waals surface area contributed by atoms with Crippen LogP contribution < -0.4 is 4.74 Å². The van der Waals surface area contributed by atoms with E-state index in [0.717, 1.165) is 6.26 Å². The topological polar surface area (TPSA) is 77.5 Å². The van der Waals surface area contributed by atoms with E-state index >= 15 is 0 Å². The second-order valence-corrected chi connectivity index (χ2v) is 10.1. The Kier molecular flexibility index (Phi) is 6.15. The summed E-state index contributed by atoms with van der Waals surface area (Å²) < 4.78 is 50.6. The van der Waals surface area contributed by atoms with E-state index < -0.39 is 18.9 Å². The highest BCUT2D eigenvalue weighted by molar-refractivity contribution is 9.10. The molecule has 0 fully saturated rings. The molecule has 0 amide bonds. The first-order chi connectivity index (χ1) is 9.00. The van der Waals surface area contributed by atoms with Crippen LogP contribution in [0.3, 0.4) is 0 Å². The minimum Gasteiger partial charge on any atom is -0.491 e. The Morgan fingerprint density at radius 3 is 2.35 bits per heavy atom. The lowest BCUT2D eigenvalue weighted by Crippen LogP contribution is -2.09. The molecule has 0 aromatic heterocycles. The van der Waals surface area contributed by atoms with E-state index in [2.05, 4.69) is 15.9 Å². The summed E-state index contributed by atoms with van der Waals surface area (Å²) in [6.45, 7) is 0.00777. The Hall–Kier alpha value is -0.0200. The fourth-order valence-electron chi connectivity index (χ4n) is 1.35. The van der Waals surface area contributed by atoms with Crippen LogP contribution in [0.25, 0.3) is 0 Å². The molecule has 5 nitrogen and oxygen atoms in total. The Labute approximate surface area is 135 Å². The zero-order chi connectivity index (χ0) is 15.6. The van der Waals surface area contributed by atoms with Crippen LogP contribution in [0.1, 0.15) is 6.42 Å². The molecule has 0 aliphatic carbocycles. The molecule has 10 heteroatoms. The zero-order valence-electron chi connectivity index (χ0n) is 10.3. The van der Waals surface area contributed by atoms with Crippen molar-refractivity contribution in [2.24, 2.45) is 0 Å². The fraction of sp³-hybridized carbons (Fsp3) is 0.400. The number of ether oxygens (including phenoxy) is 1. The molecule has 0 bridgehead atoms. The van der Waals surface area contributed by atoms with Crippen molar-refractivity contribution in [1.82, 2.24) is 0 Å². The maximum Gasteiger partial charge on any atom is 0.265 e. The predicted octanol–water partition coefficient (Wildman–Crippen LogP) is 2.84. The summed E-state index contributed by atoms with van der Waals surface area (Å²) in [6, 6.07) is 2.72. The van der Waals surface area contributed by atoms with Crippen LogP contribution in [0.15, 0.2) is 21.5 Å². The van der Waals surface area contributed by atoms with Gasteiger partial charge >= 0.3 is 0 Å². The summed E-state index contributed by atoms with van der Waals surface area (Å²) in [4.78, 5) is -0.266. The minimum absolute atomic E-state index is 0.00777. The van der Waals surface area contributed by atoms with Crippen LogP contribution in [-0.2, 0) is 18.9 Å². The second kappa shape index (κ2) is 6.83. The molecule has 1 rings (SSSR count). The van der Waals surface area contributed by atoms with Gasteiger partial charge in [-0.1, -0.05) is 27.5 Å². The van der Waals surface area contributed by atoms with E-state index in [9.17, 15) is 16.8 Å². The highest BCUT2D eigenvalue weighted by Gasteiger charge is 2.21. The smallest absolute Gasteiger partial charge is 0.265 e. The molecule has 0 atom stereocenters. The highest BCUT2D eigenvalue weighted by atomic mass is 79.9. The summed E-state index contributed by atoms with van der Waals surface area (Å²) in [7, 11) is -1.82. The summed E-state index contributed by atoms with van der Waals surface area (Å²) in [5.74, 6) is -0.150. The molecule has 20 heavy (non-hydrogen) atoms. The molecular weight excluding hydrogens is 415 g/mol. The van der Waals surface area contributed by atoms with E-state index in [1.807, 2.05) is 0 Å². The Morgan fingerprint density at radius 1 is 1.25 bits per heavy atom. The molecule has 114 valence electrons. The van der Waals surface area contributed by atoms with Gasteiger partial charge in [0.15, 0.2) is 5.75 Å². The molecule has 0 unspecified atom stereocenters. The van der Waals surface area contributed by atoms with Gasteiger partial charge in [0.1, 0.15) is 14.7 Å². The SMILES string of the molecule is CS(=O)(=O)CCCOc1c(Cl)cc(Br)cc1S(=O)(=O)Cl. The lowest BCUT2D eigenvalue weighted by molar-refractivity contribution is 0.310. The van der Waals surface area contributed by atoms with Gasteiger partial charge < -0.3 is 4.74 Å². The Bertz CT molecular complexity index is 701. The average molecular weight is 426 g/mol. The number of hydrogen-bond donors (Lipinski definition) is 0. The predicted molar refractivity (Wildman–Crippen MR) is 82.0 cm³/mol. The molecule has 0 spiro atoms. The lowest BCUT2D eigenvalue weighted by atomic mass is 10.3. The molecule has 0 N–H and O–H groups in total. The lowest BCUT2D eigenvalue weighted by Gasteiger charge is -2.11. The molecule has 0 radical (unpaired) electrons. The quantitative estimate of drug-likeness (QED) is 0.517.